The van der Waals surface area contributed by atoms with Crippen molar-refractivity contribution in [1.29, 1.82) is 0 Å². The van der Waals surface area contributed by atoms with Gasteiger partial charge in [0.05, 0.1) is 22.3 Å². The van der Waals surface area contributed by atoms with Gasteiger partial charge in [0.25, 0.3) is 5.91 Å². The quantitative estimate of drug-likeness (QED) is 0.601. The molecule has 0 spiro atoms. The summed E-state index contributed by atoms with van der Waals surface area (Å²) in [6, 6.07) is 11.1. The monoisotopic (exact) mass is 372 g/mol. The number of carbonyl (C=O) groups is 1. The number of hydrogen-bond acceptors (Lipinski definition) is 4. The Labute approximate surface area is 152 Å². The Balaban J connectivity index is 1.74. The molecule has 0 fully saturated rings. The summed E-state index contributed by atoms with van der Waals surface area (Å²) in [7, 11) is 0. The Bertz CT molecular complexity index is 888. The summed E-state index contributed by atoms with van der Waals surface area (Å²) < 4.78 is 0. The predicted octanol–water partition coefficient (Wildman–Crippen LogP) is 5.45. The number of benzene rings is 1. The fourth-order valence-electron chi connectivity index (χ4n) is 2.78. The molecule has 3 heterocycles. The first-order valence-electron chi connectivity index (χ1n) is 7.44. The molecule has 1 aromatic carbocycles. The lowest BCUT2D eigenvalue weighted by Crippen LogP contribution is -2.27. The first-order valence-corrected chi connectivity index (χ1v) is 9.70. The zero-order valence-corrected chi connectivity index (χ0v) is 14.9. The highest BCUT2D eigenvalue weighted by Crippen LogP contribution is 2.36. The van der Waals surface area contributed by atoms with Crippen LogP contribution in [0.4, 0.5) is 0 Å². The van der Waals surface area contributed by atoms with Gasteiger partial charge in [-0.3, -0.25) is 4.79 Å². The highest BCUT2D eigenvalue weighted by atomic mass is 35.5. The van der Waals surface area contributed by atoms with Crippen molar-refractivity contribution in [2.24, 2.45) is 5.10 Å². The third kappa shape index (κ3) is 2.79. The van der Waals surface area contributed by atoms with Crippen molar-refractivity contribution < 1.29 is 4.79 Å². The zero-order valence-electron chi connectivity index (χ0n) is 12.6. The van der Waals surface area contributed by atoms with E-state index in [0.717, 1.165) is 16.8 Å². The van der Waals surface area contributed by atoms with Crippen molar-refractivity contribution in [3.63, 3.8) is 0 Å². The van der Waals surface area contributed by atoms with Gasteiger partial charge < -0.3 is 0 Å². The van der Waals surface area contributed by atoms with Gasteiger partial charge in [-0.25, -0.2) is 5.01 Å². The first-order chi connectivity index (χ1) is 11.7. The maximum Gasteiger partial charge on any atom is 0.276 e. The van der Waals surface area contributed by atoms with Gasteiger partial charge in [-0.15, -0.1) is 0 Å². The normalized spacial score (nSPS) is 17.1. The molecule has 1 atom stereocenters. The van der Waals surface area contributed by atoms with Gasteiger partial charge in [-0.05, 0) is 51.3 Å². The smallest absolute Gasteiger partial charge is 0.267 e. The molecule has 1 aliphatic rings. The summed E-state index contributed by atoms with van der Waals surface area (Å²) >= 11 is 9.47. The molecule has 0 bridgehead atoms. The molecule has 120 valence electrons. The molecular formula is C18H13ClN2OS2. The molecule has 3 nitrogen and oxygen atoms in total. The third-order valence-electron chi connectivity index (χ3n) is 4.01. The second kappa shape index (κ2) is 6.51. The highest BCUT2D eigenvalue weighted by Gasteiger charge is 2.34. The molecule has 6 heteroatoms. The van der Waals surface area contributed by atoms with Crippen LogP contribution in [0.2, 0.25) is 5.02 Å². The minimum absolute atomic E-state index is 0.0880. The number of amides is 1. The van der Waals surface area contributed by atoms with E-state index in [-0.39, 0.29) is 11.9 Å². The lowest BCUT2D eigenvalue weighted by atomic mass is 10.0. The minimum atomic E-state index is -0.165. The van der Waals surface area contributed by atoms with E-state index in [1.165, 1.54) is 0 Å². The van der Waals surface area contributed by atoms with E-state index >= 15 is 0 Å². The van der Waals surface area contributed by atoms with Gasteiger partial charge in [-0.1, -0.05) is 23.7 Å². The Morgan fingerprint density at radius 3 is 2.62 bits per heavy atom. The molecule has 2 aromatic heterocycles. The molecule has 0 N–H and O–H groups in total. The fraction of sp³-hybridized carbons (Fsp3) is 0.111. The average Bonchev–Trinajstić information content (AvgIpc) is 3.33. The number of nitrogens with zero attached hydrogens (tertiary/aromatic N) is 2. The maximum atomic E-state index is 13.0. The van der Waals surface area contributed by atoms with E-state index in [4.69, 9.17) is 11.6 Å². The van der Waals surface area contributed by atoms with Gasteiger partial charge >= 0.3 is 0 Å². The van der Waals surface area contributed by atoms with E-state index in [0.29, 0.717) is 17.0 Å². The molecule has 4 rings (SSSR count). The van der Waals surface area contributed by atoms with Crippen molar-refractivity contribution in [2.45, 2.75) is 12.5 Å². The van der Waals surface area contributed by atoms with Crippen LogP contribution in [0.5, 0.6) is 0 Å². The second-order valence-electron chi connectivity index (χ2n) is 5.46. The molecule has 0 radical (unpaired) electrons. The molecule has 1 amide bonds. The largest absolute Gasteiger partial charge is 0.276 e. The molecule has 3 aromatic rings. The summed E-state index contributed by atoms with van der Waals surface area (Å²) in [6.07, 6.45) is 0.712. The summed E-state index contributed by atoms with van der Waals surface area (Å²) in [6.45, 7) is 0. The first kappa shape index (κ1) is 15.6. The van der Waals surface area contributed by atoms with Crippen molar-refractivity contribution in [2.75, 3.05) is 0 Å². The molecular weight excluding hydrogens is 360 g/mol. The van der Waals surface area contributed by atoms with Crippen LogP contribution >= 0.6 is 34.3 Å². The summed E-state index contributed by atoms with van der Waals surface area (Å²) in [4.78, 5) is 13.0. The van der Waals surface area contributed by atoms with Crippen LogP contribution in [0.25, 0.3) is 0 Å². The van der Waals surface area contributed by atoms with Crippen LogP contribution in [0.3, 0.4) is 0 Å². The van der Waals surface area contributed by atoms with Gasteiger partial charge in [0, 0.05) is 12.0 Å². The van der Waals surface area contributed by atoms with E-state index in [2.05, 4.69) is 15.9 Å². The van der Waals surface area contributed by atoms with Gasteiger partial charge in [0.2, 0.25) is 0 Å². The molecule has 0 saturated carbocycles. The van der Waals surface area contributed by atoms with Gasteiger partial charge in [0.15, 0.2) is 0 Å². The minimum Gasteiger partial charge on any atom is -0.267 e. The standard InChI is InChI=1S/C18H13ClN2OS2/c19-15-4-2-1-3-14(15)18(22)21-17(13-6-8-24-11-13)9-16(20-21)12-5-7-23-10-12/h1-8,10-11,17H,9H2/t17-/m0/s1. The third-order valence-corrected chi connectivity index (χ3v) is 5.72. The lowest BCUT2D eigenvalue weighted by Gasteiger charge is -2.21. The van der Waals surface area contributed by atoms with E-state index in [1.54, 1.807) is 39.8 Å². The molecule has 0 saturated heterocycles. The van der Waals surface area contributed by atoms with Gasteiger partial charge in [0.1, 0.15) is 0 Å². The maximum absolute atomic E-state index is 13.0. The van der Waals surface area contributed by atoms with E-state index in [9.17, 15) is 4.79 Å². The SMILES string of the molecule is O=C(c1ccccc1Cl)N1N=C(c2ccsc2)C[C@H]1c1ccsc1. The van der Waals surface area contributed by atoms with E-state index in [1.807, 2.05) is 35.0 Å². The number of rotatable bonds is 3. The molecule has 0 unspecified atom stereocenters. The summed E-state index contributed by atoms with van der Waals surface area (Å²) in [5, 5.41) is 14.9. The van der Waals surface area contributed by atoms with Crippen molar-refractivity contribution >= 4 is 45.9 Å². The zero-order chi connectivity index (χ0) is 16.5. The Morgan fingerprint density at radius 2 is 1.92 bits per heavy atom. The predicted molar refractivity (Wildman–Crippen MR) is 100 cm³/mol. The topological polar surface area (TPSA) is 32.7 Å². The van der Waals surface area contributed by atoms with Crippen molar-refractivity contribution in [1.82, 2.24) is 5.01 Å². The van der Waals surface area contributed by atoms with Crippen LogP contribution in [0.15, 0.2) is 63.0 Å². The summed E-state index contributed by atoms with van der Waals surface area (Å²) in [5.74, 6) is -0.165. The molecule has 24 heavy (non-hydrogen) atoms. The molecule has 1 aliphatic heterocycles. The number of halogens is 1. The van der Waals surface area contributed by atoms with Crippen LogP contribution in [-0.4, -0.2) is 16.6 Å². The number of carbonyl (C=O) groups excluding carboxylic acids is 1. The molecule has 0 aliphatic carbocycles. The highest BCUT2D eigenvalue weighted by molar-refractivity contribution is 7.08. The summed E-state index contributed by atoms with van der Waals surface area (Å²) in [5.41, 5.74) is 3.60. The van der Waals surface area contributed by atoms with E-state index < -0.39 is 0 Å². The second-order valence-corrected chi connectivity index (χ2v) is 7.43. The van der Waals surface area contributed by atoms with Crippen molar-refractivity contribution in [3.8, 4) is 0 Å². The Hall–Kier alpha value is -1.95. The van der Waals surface area contributed by atoms with Gasteiger partial charge in [-0.2, -0.15) is 27.8 Å². The Kier molecular flexibility index (Phi) is 4.22. The number of hydrazone groups is 1. The van der Waals surface area contributed by atoms with Crippen LogP contribution in [-0.2, 0) is 0 Å². The Morgan fingerprint density at radius 1 is 1.12 bits per heavy atom. The van der Waals surface area contributed by atoms with Crippen LogP contribution in [0, 0.1) is 0 Å². The lowest BCUT2D eigenvalue weighted by molar-refractivity contribution is 0.0711. The number of hydrogen-bond donors (Lipinski definition) is 0. The fourth-order valence-corrected chi connectivity index (χ4v) is 4.37. The van der Waals surface area contributed by atoms with Crippen LogP contribution < -0.4 is 0 Å². The average molecular weight is 373 g/mol. The van der Waals surface area contributed by atoms with Crippen molar-refractivity contribution in [3.05, 3.63) is 79.6 Å². The van der Waals surface area contributed by atoms with Crippen LogP contribution in [0.1, 0.15) is 33.9 Å². The number of thiophene rings is 2.